The van der Waals surface area contributed by atoms with Gasteiger partial charge in [-0.1, -0.05) is 18.0 Å². The molecule has 2 heterocycles. The van der Waals surface area contributed by atoms with Crippen LogP contribution in [-0.2, 0) is 21.2 Å². The number of rotatable bonds is 7. The number of nitrogens with zero attached hydrogens (tertiary/aromatic N) is 2. The van der Waals surface area contributed by atoms with Crippen molar-refractivity contribution in [2.45, 2.75) is 37.0 Å². The predicted octanol–water partition coefficient (Wildman–Crippen LogP) is 4.88. The van der Waals surface area contributed by atoms with E-state index in [1.165, 1.54) is 34.8 Å². The number of benzene rings is 2. The Morgan fingerprint density at radius 1 is 1.12 bits per heavy atom. The molecule has 1 aliphatic heterocycles. The Kier molecular flexibility index (Phi) is 7.11. The van der Waals surface area contributed by atoms with Crippen molar-refractivity contribution in [2.24, 2.45) is 0 Å². The number of anilines is 1. The minimum Gasteiger partial charge on any atom is -0.441 e. The van der Waals surface area contributed by atoms with Crippen LogP contribution < -0.4 is 5.32 Å². The third-order valence-corrected chi connectivity index (χ3v) is 7.78. The van der Waals surface area contributed by atoms with Crippen LogP contribution in [0.15, 0.2) is 58.0 Å². The molecule has 0 atom stereocenters. The molecule has 0 unspecified atom stereocenters. The summed E-state index contributed by atoms with van der Waals surface area (Å²) in [6.07, 6.45) is 4.50. The highest BCUT2D eigenvalue weighted by atomic mass is 35.5. The van der Waals surface area contributed by atoms with Crippen LogP contribution in [0.1, 0.15) is 31.6 Å². The van der Waals surface area contributed by atoms with E-state index >= 15 is 0 Å². The molecule has 0 bridgehead atoms. The van der Waals surface area contributed by atoms with Crippen LogP contribution in [0.2, 0.25) is 5.02 Å². The van der Waals surface area contributed by atoms with Gasteiger partial charge in [0, 0.05) is 37.2 Å². The van der Waals surface area contributed by atoms with Gasteiger partial charge in [-0.05, 0) is 55.3 Å². The molecular weight excluding hydrogens is 469 g/mol. The van der Waals surface area contributed by atoms with Crippen LogP contribution in [0, 0.1) is 5.82 Å². The number of piperidine rings is 1. The minimum atomic E-state index is -3.73. The Bertz CT molecular complexity index is 1240. The largest absolute Gasteiger partial charge is 0.441 e. The molecule has 0 aliphatic carbocycles. The van der Waals surface area contributed by atoms with Gasteiger partial charge in [-0.3, -0.25) is 4.79 Å². The predicted molar refractivity (Wildman–Crippen MR) is 123 cm³/mol. The lowest BCUT2D eigenvalue weighted by Crippen LogP contribution is -2.35. The molecule has 174 valence electrons. The second-order valence-electron chi connectivity index (χ2n) is 7.78. The molecule has 1 saturated heterocycles. The fraction of sp³-hybridized carbons (Fsp3) is 0.304. The average molecular weight is 492 g/mol. The number of oxazole rings is 1. The van der Waals surface area contributed by atoms with Crippen LogP contribution in [0.25, 0.3) is 11.3 Å². The molecule has 33 heavy (non-hydrogen) atoms. The van der Waals surface area contributed by atoms with Crippen molar-refractivity contribution >= 4 is 33.2 Å². The van der Waals surface area contributed by atoms with Gasteiger partial charge in [-0.2, -0.15) is 4.31 Å². The Morgan fingerprint density at radius 3 is 2.58 bits per heavy atom. The number of hydrogen-bond donors (Lipinski definition) is 1. The summed E-state index contributed by atoms with van der Waals surface area (Å²) in [5, 5.41) is 2.83. The van der Waals surface area contributed by atoms with Crippen molar-refractivity contribution in [1.29, 1.82) is 0 Å². The lowest BCUT2D eigenvalue weighted by Gasteiger charge is -2.26. The Morgan fingerprint density at radius 2 is 1.85 bits per heavy atom. The first-order valence-corrected chi connectivity index (χ1v) is 12.4. The summed E-state index contributed by atoms with van der Waals surface area (Å²) in [5.74, 6) is 0.189. The van der Waals surface area contributed by atoms with E-state index in [-0.39, 0.29) is 34.5 Å². The van der Waals surface area contributed by atoms with Crippen LogP contribution in [-0.4, -0.2) is 36.7 Å². The number of hydrogen-bond acceptors (Lipinski definition) is 5. The molecule has 0 saturated carbocycles. The highest BCUT2D eigenvalue weighted by Gasteiger charge is 2.28. The standard InChI is InChI=1S/C23H23ClFN3O4S/c24-19-9-8-18(14-21(19)33(30,31)28-12-2-1-3-13-28)27-22(29)10-11-23-26-15-20(32-23)16-4-6-17(25)7-5-16/h4-9,14-15H,1-3,10-13H2,(H,27,29). The summed E-state index contributed by atoms with van der Waals surface area (Å²) >= 11 is 6.18. The maximum absolute atomic E-state index is 13.1. The maximum Gasteiger partial charge on any atom is 0.244 e. The summed E-state index contributed by atoms with van der Waals surface area (Å²) < 4.78 is 46.1. The van der Waals surface area contributed by atoms with E-state index < -0.39 is 10.0 Å². The highest BCUT2D eigenvalue weighted by molar-refractivity contribution is 7.89. The van der Waals surface area contributed by atoms with Gasteiger partial charge in [-0.25, -0.2) is 17.8 Å². The van der Waals surface area contributed by atoms with Gasteiger partial charge in [0.15, 0.2) is 11.7 Å². The van der Waals surface area contributed by atoms with Crippen molar-refractivity contribution in [3.8, 4) is 11.3 Å². The fourth-order valence-electron chi connectivity index (χ4n) is 3.64. The van der Waals surface area contributed by atoms with Crippen LogP contribution >= 0.6 is 11.6 Å². The van der Waals surface area contributed by atoms with Gasteiger partial charge in [-0.15, -0.1) is 0 Å². The Labute approximate surface area is 196 Å². The molecule has 1 aliphatic rings. The number of carbonyl (C=O) groups is 1. The van der Waals surface area contributed by atoms with Crippen molar-refractivity contribution in [3.63, 3.8) is 0 Å². The number of sulfonamides is 1. The van der Waals surface area contributed by atoms with E-state index in [4.69, 9.17) is 16.0 Å². The number of nitrogens with one attached hydrogen (secondary N) is 1. The second-order valence-corrected chi connectivity index (χ2v) is 10.1. The monoisotopic (exact) mass is 491 g/mol. The zero-order valence-electron chi connectivity index (χ0n) is 17.8. The number of amides is 1. The molecule has 2 aromatic carbocycles. The van der Waals surface area contributed by atoms with Gasteiger partial charge in [0.25, 0.3) is 0 Å². The van der Waals surface area contributed by atoms with Gasteiger partial charge in [0.05, 0.1) is 11.2 Å². The van der Waals surface area contributed by atoms with Crippen molar-refractivity contribution < 1.29 is 22.0 Å². The topological polar surface area (TPSA) is 92.5 Å². The van der Waals surface area contributed by atoms with Crippen LogP contribution in [0.4, 0.5) is 10.1 Å². The number of halogens is 2. The third-order valence-electron chi connectivity index (χ3n) is 5.40. The first-order chi connectivity index (χ1) is 15.8. The summed E-state index contributed by atoms with van der Waals surface area (Å²) in [6.45, 7) is 0.927. The number of aryl methyl sites for hydroxylation is 1. The lowest BCUT2D eigenvalue weighted by molar-refractivity contribution is -0.116. The van der Waals surface area contributed by atoms with E-state index in [0.29, 0.717) is 36.0 Å². The van der Waals surface area contributed by atoms with Gasteiger partial charge >= 0.3 is 0 Å². The average Bonchev–Trinajstić information content (AvgIpc) is 3.29. The first kappa shape index (κ1) is 23.4. The molecule has 3 aromatic rings. The summed E-state index contributed by atoms with van der Waals surface area (Å²) in [4.78, 5) is 16.6. The molecule has 10 heteroatoms. The van der Waals surface area contributed by atoms with Crippen molar-refractivity contribution in [3.05, 3.63) is 65.4 Å². The van der Waals surface area contributed by atoms with Crippen molar-refractivity contribution in [1.82, 2.24) is 9.29 Å². The molecule has 1 fully saturated rings. The SMILES string of the molecule is O=C(CCc1ncc(-c2ccc(F)cc2)o1)Nc1ccc(Cl)c(S(=O)(=O)N2CCCCC2)c1. The Balaban J connectivity index is 1.39. The van der Waals surface area contributed by atoms with Gasteiger partial charge in [0.2, 0.25) is 15.9 Å². The molecule has 1 N–H and O–H groups in total. The first-order valence-electron chi connectivity index (χ1n) is 10.6. The molecular formula is C23H23ClFN3O4S. The number of carbonyl (C=O) groups excluding carboxylic acids is 1. The summed E-state index contributed by atoms with van der Waals surface area (Å²) in [5.41, 5.74) is 1.03. The molecule has 7 nitrogen and oxygen atoms in total. The second kappa shape index (κ2) is 10.0. The maximum atomic E-state index is 13.1. The van der Waals surface area contributed by atoms with Gasteiger partial charge in [0.1, 0.15) is 10.7 Å². The molecule has 0 radical (unpaired) electrons. The summed E-state index contributed by atoms with van der Waals surface area (Å²) in [7, 11) is -3.73. The summed E-state index contributed by atoms with van der Waals surface area (Å²) in [6, 6.07) is 10.3. The quantitative estimate of drug-likeness (QED) is 0.508. The molecule has 0 spiro atoms. The Hall–Kier alpha value is -2.75. The van der Waals surface area contributed by atoms with E-state index in [9.17, 15) is 17.6 Å². The molecule has 1 aromatic heterocycles. The van der Waals surface area contributed by atoms with Crippen LogP contribution in [0.3, 0.4) is 0 Å². The van der Waals surface area contributed by atoms with Crippen molar-refractivity contribution in [2.75, 3.05) is 18.4 Å². The van der Waals surface area contributed by atoms with Crippen LogP contribution in [0.5, 0.6) is 0 Å². The van der Waals surface area contributed by atoms with Gasteiger partial charge < -0.3 is 9.73 Å². The smallest absolute Gasteiger partial charge is 0.244 e. The van der Waals surface area contributed by atoms with E-state index in [1.54, 1.807) is 18.2 Å². The van der Waals surface area contributed by atoms with E-state index in [0.717, 1.165) is 19.3 Å². The molecule has 1 amide bonds. The van der Waals surface area contributed by atoms with E-state index in [2.05, 4.69) is 10.3 Å². The number of aromatic nitrogens is 1. The lowest BCUT2D eigenvalue weighted by atomic mass is 10.2. The highest BCUT2D eigenvalue weighted by Crippen LogP contribution is 2.29. The third kappa shape index (κ3) is 5.61. The fourth-order valence-corrected chi connectivity index (χ4v) is 5.66. The zero-order chi connectivity index (χ0) is 23.4. The normalized spacial score (nSPS) is 14.8. The zero-order valence-corrected chi connectivity index (χ0v) is 19.3. The molecule has 4 rings (SSSR count). The minimum absolute atomic E-state index is 0.0134. The van der Waals surface area contributed by atoms with E-state index in [1.807, 2.05) is 0 Å².